The van der Waals surface area contributed by atoms with Crippen LogP contribution in [0.4, 0.5) is 0 Å². The van der Waals surface area contributed by atoms with Gasteiger partial charge in [0.2, 0.25) is 0 Å². The van der Waals surface area contributed by atoms with E-state index in [0.717, 1.165) is 48.3 Å². The lowest BCUT2D eigenvalue weighted by Crippen LogP contribution is -2.48. The fourth-order valence-corrected chi connectivity index (χ4v) is 8.03. The Kier molecular flexibility index (Phi) is 5.86. The smallest absolute Gasteiger partial charge is 0.0577 e. The van der Waals surface area contributed by atoms with Crippen LogP contribution in [0.1, 0.15) is 92.9 Å². The zero-order valence-corrected chi connectivity index (χ0v) is 20.0. The Morgan fingerprint density at radius 2 is 1.83 bits per heavy atom. The van der Waals surface area contributed by atoms with Crippen LogP contribution in [-0.4, -0.2) is 11.2 Å². The molecule has 0 aromatic heterocycles. The van der Waals surface area contributed by atoms with Crippen molar-refractivity contribution in [2.75, 3.05) is 0 Å². The maximum absolute atomic E-state index is 10.2. The molecule has 0 aliphatic heterocycles. The summed E-state index contributed by atoms with van der Waals surface area (Å²) in [6.07, 6.45) is 17.8. The molecule has 9 unspecified atom stereocenters. The van der Waals surface area contributed by atoms with Crippen molar-refractivity contribution in [2.45, 2.75) is 99.0 Å². The van der Waals surface area contributed by atoms with Gasteiger partial charge in [-0.3, -0.25) is 0 Å². The second-order valence-electron chi connectivity index (χ2n) is 12.3. The lowest BCUT2D eigenvalue weighted by Gasteiger charge is -2.55. The molecule has 0 aromatic carbocycles. The van der Waals surface area contributed by atoms with Crippen molar-refractivity contribution in [3.63, 3.8) is 0 Å². The molecule has 9 atom stereocenters. The minimum absolute atomic E-state index is 0.103. The third kappa shape index (κ3) is 3.58. The van der Waals surface area contributed by atoms with Gasteiger partial charge in [0.15, 0.2) is 0 Å². The summed E-state index contributed by atoms with van der Waals surface area (Å²) >= 11 is 0. The van der Waals surface area contributed by atoms with Gasteiger partial charge in [-0.15, -0.1) is 0 Å². The van der Waals surface area contributed by atoms with E-state index >= 15 is 0 Å². The first kappa shape index (κ1) is 21.7. The van der Waals surface area contributed by atoms with Crippen molar-refractivity contribution >= 4 is 0 Å². The highest BCUT2D eigenvalue weighted by molar-refractivity contribution is 5.30. The van der Waals surface area contributed by atoms with Crippen LogP contribution in [0, 0.1) is 52.3 Å². The molecule has 1 nitrogen and oxygen atoms in total. The number of hydrogen-bond acceptors (Lipinski definition) is 1. The highest BCUT2D eigenvalue weighted by atomic mass is 16.3. The summed E-state index contributed by atoms with van der Waals surface area (Å²) < 4.78 is 0. The fourth-order valence-electron chi connectivity index (χ4n) is 8.03. The van der Waals surface area contributed by atoms with Crippen LogP contribution in [0.25, 0.3) is 0 Å². The zero-order chi connectivity index (χ0) is 21.0. The second-order valence-corrected chi connectivity index (χ2v) is 12.3. The monoisotopic (exact) mass is 398 g/mol. The van der Waals surface area contributed by atoms with Crippen LogP contribution in [0.15, 0.2) is 23.8 Å². The standard InChI is InChI=1S/C28H46O/c1-18(2)19(3)7-8-20(4)24-11-12-25-23-10-9-21-17-22(29)13-15-27(21,5)26(23)14-16-28(24,25)6/h9,14,16,18-20,22-26,29H,7-8,10-13,15,17H2,1-6H3. The van der Waals surface area contributed by atoms with Crippen LogP contribution in [0.2, 0.25) is 0 Å². The minimum Gasteiger partial charge on any atom is -0.393 e. The molecule has 4 aliphatic carbocycles. The van der Waals surface area contributed by atoms with Crippen molar-refractivity contribution in [1.29, 1.82) is 0 Å². The number of aliphatic hydroxyl groups excluding tert-OH is 1. The maximum Gasteiger partial charge on any atom is 0.0577 e. The average molecular weight is 399 g/mol. The molecule has 164 valence electrons. The quantitative estimate of drug-likeness (QED) is 0.478. The van der Waals surface area contributed by atoms with E-state index in [4.69, 9.17) is 0 Å². The van der Waals surface area contributed by atoms with Gasteiger partial charge in [-0.05, 0) is 90.8 Å². The Hall–Kier alpha value is -0.560. The van der Waals surface area contributed by atoms with Gasteiger partial charge in [-0.1, -0.05) is 78.2 Å². The molecule has 0 bridgehead atoms. The van der Waals surface area contributed by atoms with Gasteiger partial charge >= 0.3 is 0 Å². The normalized spacial score (nSPS) is 45.9. The van der Waals surface area contributed by atoms with E-state index in [9.17, 15) is 5.11 Å². The molecule has 2 saturated carbocycles. The van der Waals surface area contributed by atoms with Crippen LogP contribution in [0.5, 0.6) is 0 Å². The molecule has 2 fully saturated rings. The van der Waals surface area contributed by atoms with Crippen molar-refractivity contribution in [2.24, 2.45) is 52.3 Å². The summed E-state index contributed by atoms with van der Waals surface area (Å²) in [5.41, 5.74) is 2.27. The maximum atomic E-state index is 10.2. The zero-order valence-electron chi connectivity index (χ0n) is 20.0. The van der Waals surface area contributed by atoms with Crippen LogP contribution >= 0.6 is 0 Å². The van der Waals surface area contributed by atoms with Crippen molar-refractivity contribution in [1.82, 2.24) is 0 Å². The Morgan fingerprint density at radius 1 is 1.07 bits per heavy atom. The average Bonchev–Trinajstić information content (AvgIpc) is 3.03. The van der Waals surface area contributed by atoms with Gasteiger partial charge < -0.3 is 5.11 Å². The summed E-state index contributed by atoms with van der Waals surface area (Å²) in [7, 11) is 0. The van der Waals surface area contributed by atoms with E-state index in [1.807, 2.05) is 0 Å². The molecule has 4 rings (SSSR count). The highest BCUT2D eigenvalue weighted by Crippen LogP contribution is 2.64. The first-order valence-electron chi connectivity index (χ1n) is 12.7. The summed E-state index contributed by atoms with van der Waals surface area (Å²) in [4.78, 5) is 0. The van der Waals surface area contributed by atoms with E-state index in [2.05, 4.69) is 59.8 Å². The molecule has 0 saturated heterocycles. The molecule has 0 spiro atoms. The van der Waals surface area contributed by atoms with Crippen LogP contribution in [0.3, 0.4) is 0 Å². The molecule has 0 radical (unpaired) electrons. The number of rotatable bonds is 5. The Bertz CT molecular complexity index is 659. The van der Waals surface area contributed by atoms with Crippen LogP contribution < -0.4 is 0 Å². The highest BCUT2D eigenvalue weighted by Gasteiger charge is 2.57. The van der Waals surface area contributed by atoms with E-state index in [1.165, 1.54) is 38.5 Å². The molecule has 1 N–H and O–H groups in total. The number of allylic oxidation sites excluding steroid dienone is 3. The van der Waals surface area contributed by atoms with Crippen molar-refractivity contribution < 1.29 is 5.11 Å². The van der Waals surface area contributed by atoms with Gasteiger partial charge in [0.1, 0.15) is 0 Å². The fraction of sp³-hybridized carbons (Fsp3) is 0.857. The molecule has 0 amide bonds. The lowest BCUT2D eigenvalue weighted by molar-refractivity contribution is 0.0180. The number of aliphatic hydroxyl groups is 1. The Labute approximate surface area is 180 Å². The summed E-state index contributed by atoms with van der Waals surface area (Å²) in [6, 6.07) is 0. The number of hydrogen-bond donors (Lipinski definition) is 1. The number of fused-ring (bicyclic) bond motifs is 5. The van der Waals surface area contributed by atoms with E-state index < -0.39 is 0 Å². The molecular weight excluding hydrogens is 352 g/mol. The van der Waals surface area contributed by atoms with E-state index in [1.54, 1.807) is 5.57 Å². The minimum atomic E-state index is -0.103. The summed E-state index contributed by atoms with van der Waals surface area (Å²) in [6.45, 7) is 14.9. The first-order chi connectivity index (χ1) is 13.7. The third-order valence-corrected chi connectivity index (χ3v) is 10.5. The first-order valence-corrected chi connectivity index (χ1v) is 12.7. The lowest BCUT2D eigenvalue weighted by atomic mass is 9.49. The molecular formula is C28H46O. The van der Waals surface area contributed by atoms with Gasteiger partial charge in [0, 0.05) is 0 Å². The predicted molar refractivity (Wildman–Crippen MR) is 124 cm³/mol. The van der Waals surface area contributed by atoms with Gasteiger partial charge in [-0.2, -0.15) is 0 Å². The Morgan fingerprint density at radius 3 is 2.55 bits per heavy atom. The molecule has 4 aliphatic rings. The summed E-state index contributed by atoms with van der Waals surface area (Å²) in [5, 5.41) is 10.2. The van der Waals surface area contributed by atoms with E-state index in [0.29, 0.717) is 16.7 Å². The molecule has 0 heterocycles. The second kappa shape index (κ2) is 7.85. The van der Waals surface area contributed by atoms with Gasteiger partial charge in [0.25, 0.3) is 0 Å². The third-order valence-electron chi connectivity index (χ3n) is 10.5. The van der Waals surface area contributed by atoms with Crippen LogP contribution in [-0.2, 0) is 0 Å². The van der Waals surface area contributed by atoms with Crippen molar-refractivity contribution in [3.05, 3.63) is 23.8 Å². The predicted octanol–water partition coefficient (Wildman–Crippen LogP) is 7.41. The van der Waals surface area contributed by atoms with Gasteiger partial charge in [-0.25, -0.2) is 0 Å². The van der Waals surface area contributed by atoms with Gasteiger partial charge in [0.05, 0.1) is 6.10 Å². The molecule has 0 aromatic rings. The topological polar surface area (TPSA) is 20.2 Å². The van der Waals surface area contributed by atoms with E-state index in [-0.39, 0.29) is 6.10 Å². The largest absolute Gasteiger partial charge is 0.393 e. The molecule has 29 heavy (non-hydrogen) atoms. The van der Waals surface area contributed by atoms with Crippen molar-refractivity contribution in [3.8, 4) is 0 Å². The molecule has 1 heteroatoms. The Balaban J connectivity index is 1.52. The SMILES string of the molecule is CC(C)C(C)CCC(C)C1CCC2C3CC=C4CC(O)CCC4(C)C3C=CC12C. The summed E-state index contributed by atoms with van der Waals surface area (Å²) in [5.74, 6) is 5.72.